The van der Waals surface area contributed by atoms with Gasteiger partial charge < -0.3 is 4.90 Å². The molecule has 2 atom stereocenters. The topological polar surface area (TPSA) is 60.9 Å². The molecule has 0 bridgehead atoms. The summed E-state index contributed by atoms with van der Waals surface area (Å²) in [5, 5.41) is 3.11. The lowest BCUT2D eigenvalue weighted by Crippen LogP contribution is -2.53. The van der Waals surface area contributed by atoms with Crippen LogP contribution in [0.5, 0.6) is 0 Å². The Bertz CT molecular complexity index is 787. The molecule has 0 radical (unpaired) electrons. The van der Waals surface area contributed by atoms with Gasteiger partial charge in [-0.05, 0) is 26.8 Å². The molecule has 0 N–H and O–H groups in total. The number of rotatable bonds is 1. The first kappa shape index (κ1) is 15.3. The number of amides is 3. The van der Waals surface area contributed by atoms with E-state index in [9.17, 15) is 14.4 Å². The quantitative estimate of drug-likeness (QED) is 0.788. The van der Waals surface area contributed by atoms with Crippen molar-refractivity contribution in [3.05, 3.63) is 35.4 Å². The first-order valence-electron chi connectivity index (χ1n) is 8.37. The Balaban J connectivity index is 2.02. The summed E-state index contributed by atoms with van der Waals surface area (Å²) < 4.78 is 0. The molecule has 0 aromatic heterocycles. The standard InChI is InChI=1S/C18H21N3O3/c1-5-14(22)20-15(23)11(2)18-13-9-7-6-8-12(13)16(24)21(18)17(3,4)10-19(18)20/h6-9,11H,5,10H2,1-4H3/t11-,18-/m1/s1. The Labute approximate surface area is 141 Å². The van der Waals surface area contributed by atoms with E-state index in [0.29, 0.717) is 12.1 Å². The molecule has 1 spiro atoms. The van der Waals surface area contributed by atoms with Gasteiger partial charge in [-0.2, -0.15) is 5.01 Å². The van der Waals surface area contributed by atoms with E-state index in [2.05, 4.69) is 0 Å². The smallest absolute Gasteiger partial charge is 0.256 e. The maximum absolute atomic E-state index is 13.1. The highest BCUT2D eigenvalue weighted by molar-refractivity contribution is 6.05. The van der Waals surface area contributed by atoms with Crippen molar-refractivity contribution < 1.29 is 14.4 Å². The monoisotopic (exact) mass is 327 g/mol. The molecule has 6 nitrogen and oxygen atoms in total. The van der Waals surface area contributed by atoms with Crippen molar-refractivity contribution in [1.82, 2.24) is 14.9 Å². The van der Waals surface area contributed by atoms with Gasteiger partial charge in [0.25, 0.3) is 11.8 Å². The van der Waals surface area contributed by atoms with Crippen LogP contribution in [0.25, 0.3) is 0 Å². The van der Waals surface area contributed by atoms with Gasteiger partial charge in [0.1, 0.15) is 0 Å². The van der Waals surface area contributed by atoms with Crippen LogP contribution in [-0.4, -0.2) is 44.7 Å². The van der Waals surface area contributed by atoms with E-state index < -0.39 is 17.1 Å². The number of benzene rings is 1. The van der Waals surface area contributed by atoms with Crippen molar-refractivity contribution in [1.29, 1.82) is 0 Å². The second kappa shape index (κ2) is 4.45. The predicted octanol–water partition coefficient (Wildman–Crippen LogP) is 1.72. The Morgan fingerprint density at radius 1 is 1.25 bits per heavy atom. The van der Waals surface area contributed by atoms with Crippen molar-refractivity contribution >= 4 is 17.7 Å². The number of nitrogens with zero attached hydrogens (tertiary/aromatic N) is 3. The Morgan fingerprint density at radius 3 is 2.58 bits per heavy atom. The van der Waals surface area contributed by atoms with Crippen molar-refractivity contribution in [3.8, 4) is 0 Å². The van der Waals surface area contributed by atoms with Crippen LogP contribution in [0.4, 0.5) is 0 Å². The van der Waals surface area contributed by atoms with Crippen molar-refractivity contribution in [2.45, 2.75) is 45.3 Å². The molecule has 0 aliphatic carbocycles. The van der Waals surface area contributed by atoms with Crippen LogP contribution in [0.3, 0.4) is 0 Å². The second-order valence-corrected chi connectivity index (χ2v) is 7.40. The maximum atomic E-state index is 13.1. The number of hydrazine groups is 1. The van der Waals surface area contributed by atoms with Gasteiger partial charge in [0.2, 0.25) is 5.91 Å². The molecule has 2 fully saturated rings. The molecule has 4 rings (SSSR count). The van der Waals surface area contributed by atoms with Gasteiger partial charge in [0, 0.05) is 24.1 Å². The Morgan fingerprint density at radius 2 is 1.92 bits per heavy atom. The minimum atomic E-state index is -0.890. The van der Waals surface area contributed by atoms with E-state index in [4.69, 9.17) is 0 Å². The second-order valence-electron chi connectivity index (χ2n) is 7.40. The van der Waals surface area contributed by atoms with Crippen LogP contribution in [0, 0.1) is 5.92 Å². The lowest BCUT2D eigenvalue weighted by atomic mass is 9.87. The van der Waals surface area contributed by atoms with E-state index in [1.807, 2.05) is 48.9 Å². The summed E-state index contributed by atoms with van der Waals surface area (Å²) in [5.74, 6) is -1.02. The van der Waals surface area contributed by atoms with E-state index in [1.54, 1.807) is 13.0 Å². The van der Waals surface area contributed by atoms with E-state index >= 15 is 0 Å². The van der Waals surface area contributed by atoms with Gasteiger partial charge in [-0.1, -0.05) is 25.1 Å². The average Bonchev–Trinajstić information content (AvgIpc) is 3.04. The molecule has 3 aliphatic rings. The average molecular weight is 327 g/mol. The van der Waals surface area contributed by atoms with Crippen LogP contribution < -0.4 is 0 Å². The minimum Gasteiger partial charge on any atom is -0.307 e. The van der Waals surface area contributed by atoms with E-state index in [1.165, 1.54) is 5.01 Å². The largest absolute Gasteiger partial charge is 0.307 e. The van der Waals surface area contributed by atoms with Crippen LogP contribution >= 0.6 is 0 Å². The number of fused-ring (bicyclic) bond motifs is 1. The maximum Gasteiger partial charge on any atom is 0.256 e. The molecule has 24 heavy (non-hydrogen) atoms. The fraction of sp³-hybridized carbons (Fsp3) is 0.500. The van der Waals surface area contributed by atoms with Crippen molar-refractivity contribution in [2.24, 2.45) is 5.92 Å². The molecular weight excluding hydrogens is 306 g/mol. The van der Waals surface area contributed by atoms with Gasteiger partial charge in [-0.3, -0.25) is 14.4 Å². The number of carbonyl (C=O) groups excluding carboxylic acids is 3. The lowest BCUT2D eigenvalue weighted by molar-refractivity contribution is -0.159. The van der Waals surface area contributed by atoms with Crippen molar-refractivity contribution in [3.63, 3.8) is 0 Å². The van der Waals surface area contributed by atoms with E-state index in [0.717, 1.165) is 5.56 Å². The molecule has 1 aromatic carbocycles. The zero-order valence-corrected chi connectivity index (χ0v) is 14.4. The van der Waals surface area contributed by atoms with Gasteiger partial charge >= 0.3 is 0 Å². The number of hydrogen-bond acceptors (Lipinski definition) is 4. The number of imide groups is 1. The summed E-state index contributed by atoms with van der Waals surface area (Å²) in [4.78, 5) is 40.3. The van der Waals surface area contributed by atoms with Crippen LogP contribution in [0.1, 0.15) is 50.0 Å². The molecule has 2 saturated heterocycles. The molecular formula is C18H21N3O3. The third-order valence-electron chi connectivity index (χ3n) is 5.60. The molecule has 6 heteroatoms. The third kappa shape index (κ3) is 1.43. The van der Waals surface area contributed by atoms with Crippen LogP contribution in [0.15, 0.2) is 24.3 Å². The SMILES string of the molecule is CCC(=O)N1C(=O)[C@@H](C)[C@]23c4ccccc4C(=O)N2C(C)(C)CN13. The van der Waals surface area contributed by atoms with Crippen LogP contribution in [0.2, 0.25) is 0 Å². The Kier molecular flexibility index (Phi) is 2.84. The molecule has 3 aliphatic heterocycles. The molecule has 1 aromatic rings. The summed E-state index contributed by atoms with van der Waals surface area (Å²) >= 11 is 0. The molecule has 0 unspecified atom stereocenters. The third-order valence-corrected chi connectivity index (χ3v) is 5.60. The first-order valence-corrected chi connectivity index (χ1v) is 8.37. The van der Waals surface area contributed by atoms with E-state index in [-0.39, 0.29) is 24.1 Å². The fourth-order valence-corrected chi connectivity index (χ4v) is 4.69. The minimum absolute atomic E-state index is 0.0662. The molecule has 126 valence electrons. The van der Waals surface area contributed by atoms with Crippen LogP contribution in [-0.2, 0) is 15.3 Å². The fourth-order valence-electron chi connectivity index (χ4n) is 4.69. The highest BCUT2D eigenvalue weighted by Gasteiger charge is 2.73. The highest BCUT2D eigenvalue weighted by atomic mass is 16.2. The summed E-state index contributed by atoms with van der Waals surface area (Å²) in [6.07, 6.45) is 0.251. The zero-order chi connectivity index (χ0) is 17.4. The van der Waals surface area contributed by atoms with Crippen molar-refractivity contribution in [2.75, 3.05) is 6.54 Å². The molecule has 3 heterocycles. The summed E-state index contributed by atoms with van der Waals surface area (Å²) in [5.41, 5.74) is 0.0877. The first-order chi connectivity index (χ1) is 11.3. The summed E-state index contributed by atoms with van der Waals surface area (Å²) in [6.45, 7) is 8.00. The summed E-state index contributed by atoms with van der Waals surface area (Å²) in [6, 6.07) is 7.43. The zero-order valence-electron chi connectivity index (χ0n) is 14.4. The van der Waals surface area contributed by atoms with Gasteiger partial charge in [-0.25, -0.2) is 5.01 Å². The van der Waals surface area contributed by atoms with Gasteiger partial charge in [0.15, 0.2) is 5.66 Å². The predicted molar refractivity (Wildman–Crippen MR) is 86.4 cm³/mol. The number of hydrogen-bond donors (Lipinski definition) is 0. The lowest BCUT2D eigenvalue weighted by Gasteiger charge is -2.40. The Hall–Kier alpha value is -2.21. The molecule has 3 amide bonds. The van der Waals surface area contributed by atoms with Gasteiger partial charge in [0.05, 0.1) is 11.5 Å². The van der Waals surface area contributed by atoms with Gasteiger partial charge in [-0.15, -0.1) is 0 Å². The summed E-state index contributed by atoms with van der Waals surface area (Å²) in [7, 11) is 0. The molecule has 0 saturated carbocycles. The number of carbonyl (C=O) groups is 3. The normalized spacial score (nSPS) is 30.6. The highest BCUT2D eigenvalue weighted by Crippen LogP contribution is 2.58.